The number of amides is 1. The van der Waals surface area contributed by atoms with Crippen LogP contribution in [0.2, 0.25) is 0 Å². The van der Waals surface area contributed by atoms with Gasteiger partial charge in [-0.3, -0.25) is 4.79 Å². The van der Waals surface area contributed by atoms with E-state index in [-0.39, 0.29) is 5.56 Å². The van der Waals surface area contributed by atoms with Crippen molar-refractivity contribution >= 4 is 22.6 Å². The van der Waals surface area contributed by atoms with E-state index in [9.17, 15) is 9.59 Å². The summed E-state index contributed by atoms with van der Waals surface area (Å²) in [5.74, 6) is 1.47. The van der Waals surface area contributed by atoms with E-state index in [1.807, 2.05) is 13.0 Å². The molecule has 0 bridgehead atoms. The highest BCUT2D eigenvalue weighted by Gasteiger charge is 2.17. The molecule has 2 aromatic heterocycles. The molecule has 0 spiro atoms. The van der Waals surface area contributed by atoms with Crippen molar-refractivity contribution < 1.29 is 9.21 Å². The third-order valence-corrected chi connectivity index (χ3v) is 4.25. The number of benzene rings is 1. The van der Waals surface area contributed by atoms with E-state index >= 15 is 0 Å². The molecule has 0 radical (unpaired) electrons. The Bertz CT molecular complexity index is 1010. The topological polar surface area (TPSA) is 88.0 Å². The first kappa shape index (κ1) is 17.9. The molecule has 2 N–H and O–H groups in total. The molecular formula is C20H23N3O3. The zero-order chi connectivity index (χ0) is 18.8. The summed E-state index contributed by atoms with van der Waals surface area (Å²) in [5.41, 5.74) is 2.31. The van der Waals surface area contributed by atoms with Gasteiger partial charge in [-0.05, 0) is 56.0 Å². The van der Waals surface area contributed by atoms with Crippen LogP contribution in [0.5, 0.6) is 0 Å². The SMILES string of the molecule is Cc1nc2ccc(NC(=O)c3c(C)cc(CCC(C)C)oc3=O)cc2[nH]1. The Kier molecular flexibility index (Phi) is 4.93. The smallest absolute Gasteiger partial charge is 0.349 e. The van der Waals surface area contributed by atoms with Crippen molar-refractivity contribution in [3.8, 4) is 0 Å². The van der Waals surface area contributed by atoms with Crippen LogP contribution in [-0.4, -0.2) is 15.9 Å². The average molecular weight is 353 g/mol. The number of aromatic amines is 1. The Morgan fingerprint density at radius 3 is 2.73 bits per heavy atom. The van der Waals surface area contributed by atoms with Gasteiger partial charge in [0.2, 0.25) is 0 Å². The van der Waals surface area contributed by atoms with E-state index in [4.69, 9.17) is 4.42 Å². The minimum Gasteiger partial charge on any atom is -0.427 e. The van der Waals surface area contributed by atoms with Crippen molar-refractivity contribution in [3.05, 3.63) is 57.4 Å². The molecule has 3 rings (SSSR count). The molecule has 26 heavy (non-hydrogen) atoms. The molecular weight excluding hydrogens is 330 g/mol. The van der Waals surface area contributed by atoms with Gasteiger partial charge in [-0.25, -0.2) is 9.78 Å². The molecule has 1 aromatic carbocycles. The Morgan fingerprint density at radius 2 is 2.04 bits per heavy atom. The summed E-state index contributed by atoms with van der Waals surface area (Å²) in [7, 11) is 0. The molecule has 0 unspecified atom stereocenters. The standard InChI is InChI=1S/C20H23N3O3/c1-11(2)5-7-15-9-12(3)18(20(25)26-15)19(24)23-14-6-8-16-17(10-14)22-13(4)21-16/h6,8-11H,5,7H2,1-4H3,(H,21,22)(H,23,24). The molecule has 6 heteroatoms. The lowest BCUT2D eigenvalue weighted by atomic mass is 10.0. The third kappa shape index (κ3) is 3.85. The summed E-state index contributed by atoms with van der Waals surface area (Å²) in [6.45, 7) is 7.86. The minimum atomic E-state index is -0.597. The van der Waals surface area contributed by atoms with Crippen LogP contribution < -0.4 is 10.9 Å². The number of hydrogen-bond acceptors (Lipinski definition) is 4. The second-order valence-corrected chi connectivity index (χ2v) is 7.00. The number of carbonyl (C=O) groups excluding carboxylic acids is 1. The number of aromatic nitrogens is 2. The van der Waals surface area contributed by atoms with Crippen molar-refractivity contribution in [1.29, 1.82) is 0 Å². The Hall–Kier alpha value is -2.89. The van der Waals surface area contributed by atoms with Crippen LogP contribution in [0, 0.1) is 19.8 Å². The van der Waals surface area contributed by atoms with Gasteiger partial charge < -0.3 is 14.7 Å². The molecule has 0 aliphatic carbocycles. The molecule has 0 fully saturated rings. The van der Waals surface area contributed by atoms with E-state index in [2.05, 4.69) is 29.1 Å². The van der Waals surface area contributed by atoms with Crippen LogP contribution in [0.15, 0.2) is 33.5 Å². The molecule has 2 heterocycles. The highest BCUT2D eigenvalue weighted by Crippen LogP contribution is 2.18. The Morgan fingerprint density at radius 1 is 1.27 bits per heavy atom. The second-order valence-electron chi connectivity index (χ2n) is 7.00. The summed E-state index contributed by atoms with van der Waals surface area (Å²) < 4.78 is 5.34. The number of nitrogens with one attached hydrogen (secondary N) is 2. The highest BCUT2D eigenvalue weighted by atomic mass is 16.4. The van der Waals surface area contributed by atoms with E-state index in [1.54, 1.807) is 25.1 Å². The van der Waals surface area contributed by atoms with Crippen LogP contribution in [0.3, 0.4) is 0 Å². The second kappa shape index (κ2) is 7.15. The minimum absolute atomic E-state index is 0.0409. The van der Waals surface area contributed by atoms with E-state index < -0.39 is 11.5 Å². The molecule has 6 nitrogen and oxygen atoms in total. The van der Waals surface area contributed by atoms with E-state index in [0.717, 1.165) is 23.3 Å². The van der Waals surface area contributed by atoms with E-state index in [1.165, 1.54) is 0 Å². The number of fused-ring (bicyclic) bond motifs is 1. The quantitative estimate of drug-likeness (QED) is 0.726. The maximum atomic E-state index is 12.6. The lowest BCUT2D eigenvalue weighted by molar-refractivity contribution is 0.102. The molecule has 0 aliphatic rings. The van der Waals surface area contributed by atoms with Crippen LogP contribution in [-0.2, 0) is 6.42 Å². The number of hydrogen-bond donors (Lipinski definition) is 2. The van der Waals surface area contributed by atoms with Crippen molar-refractivity contribution in [2.24, 2.45) is 5.92 Å². The number of imidazole rings is 1. The maximum absolute atomic E-state index is 12.6. The predicted molar refractivity (Wildman–Crippen MR) is 102 cm³/mol. The Balaban J connectivity index is 1.83. The number of carbonyl (C=O) groups is 1. The highest BCUT2D eigenvalue weighted by molar-refractivity contribution is 6.05. The molecule has 0 atom stereocenters. The maximum Gasteiger partial charge on any atom is 0.349 e. The van der Waals surface area contributed by atoms with Crippen LogP contribution in [0.1, 0.15) is 47.8 Å². The van der Waals surface area contributed by atoms with Gasteiger partial charge >= 0.3 is 5.63 Å². The molecule has 0 aliphatic heterocycles. The fourth-order valence-corrected chi connectivity index (χ4v) is 2.91. The van der Waals surface area contributed by atoms with Crippen LogP contribution in [0.25, 0.3) is 11.0 Å². The zero-order valence-electron chi connectivity index (χ0n) is 15.5. The average Bonchev–Trinajstić information content (AvgIpc) is 2.91. The first-order valence-electron chi connectivity index (χ1n) is 8.75. The van der Waals surface area contributed by atoms with Gasteiger partial charge in [0.15, 0.2) is 0 Å². The van der Waals surface area contributed by atoms with Gasteiger partial charge in [0, 0.05) is 12.1 Å². The largest absolute Gasteiger partial charge is 0.427 e. The number of aryl methyl sites for hydroxylation is 3. The first-order valence-corrected chi connectivity index (χ1v) is 8.75. The predicted octanol–water partition coefficient (Wildman–Crippen LogP) is 3.97. The lowest BCUT2D eigenvalue weighted by Gasteiger charge is -2.09. The fourth-order valence-electron chi connectivity index (χ4n) is 2.91. The molecule has 3 aromatic rings. The molecule has 0 saturated carbocycles. The van der Waals surface area contributed by atoms with Crippen molar-refractivity contribution in [2.75, 3.05) is 5.32 Å². The molecule has 1 amide bonds. The number of anilines is 1. The molecule has 136 valence electrons. The third-order valence-electron chi connectivity index (χ3n) is 4.25. The van der Waals surface area contributed by atoms with Gasteiger partial charge in [0.1, 0.15) is 17.1 Å². The Labute approximate surface area is 151 Å². The summed E-state index contributed by atoms with van der Waals surface area (Å²) >= 11 is 0. The summed E-state index contributed by atoms with van der Waals surface area (Å²) in [6, 6.07) is 7.15. The van der Waals surface area contributed by atoms with Crippen LogP contribution >= 0.6 is 0 Å². The normalized spacial score (nSPS) is 11.3. The van der Waals surface area contributed by atoms with Crippen LogP contribution in [0.4, 0.5) is 5.69 Å². The first-order chi connectivity index (χ1) is 12.3. The monoisotopic (exact) mass is 353 g/mol. The fraction of sp³-hybridized carbons (Fsp3) is 0.350. The van der Waals surface area contributed by atoms with Gasteiger partial charge in [-0.15, -0.1) is 0 Å². The lowest BCUT2D eigenvalue weighted by Crippen LogP contribution is -2.23. The van der Waals surface area contributed by atoms with Gasteiger partial charge in [0.05, 0.1) is 11.0 Å². The number of H-pyrrole nitrogens is 1. The number of rotatable bonds is 5. The number of nitrogens with zero attached hydrogens (tertiary/aromatic N) is 1. The van der Waals surface area contributed by atoms with E-state index in [0.29, 0.717) is 29.3 Å². The van der Waals surface area contributed by atoms with Crippen molar-refractivity contribution in [1.82, 2.24) is 9.97 Å². The van der Waals surface area contributed by atoms with Gasteiger partial charge in [-0.2, -0.15) is 0 Å². The zero-order valence-corrected chi connectivity index (χ0v) is 15.5. The summed E-state index contributed by atoms with van der Waals surface area (Å²) in [4.78, 5) is 32.3. The van der Waals surface area contributed by atoms with Gasteiger partial charge in [-0.1, -0.05) is 13.8 Å². The summed E-state index contributed by atoms with van der Waals surface area (Å²) in [6.07, 6.45) is 1.61. The molecule has 0 saturated heterocycles. The van der Waals surface area contributed by atoms with Gasteiger partial charge in [0.25, 0.3) is 5.91 Å². The van der Waals surface area contributed by atoms with Crippen molar-refractivity contribution in [3.63, 3.8) is 0 Å². The summed E-state index contributed by atoms with van der Waals surface area (Å²) in [5, 5.41) is 2.76. The van der Waals surface area contributed by atoms with Crippen molar-refractivity contribution in [2.45, 2.75) is 40.5 Å².